The van der Waals surface area contributed by atoms with Crippen LogP contribution in [0.4, 0.5) is 0 Å². The first-order chi connectivity index (χ1) is 8.74. The highest BCUT2D eigenvalue weighted by atomic mass is 32.1. The number of hydrogen-bond acceptors (Lipinski definition) is 3. The monoisotopic (exact) mass is 260 g/mol. The molecule has 92 valence electrons. The molecule has 0 spiro atoms. The molecule has 0 atom stereocenters. The average molecular weight is 260 g/mol. The van der Waals surface area contributed by atoms with Crippen LogP contribution in [-0.4, -0.2) is 12.1 Å². The van der Waals surface area contributed by atoms with E-state index in [1.807, 2.05) is 49.6 Å². The molecule has 2 aromatic heterocycles. The van der Waals surface area contributed by atoms with Crippen molar-refractivity contribution < 1.29 is 9.36 Å². The van der Waals surface area contributed by atoms with Crippen molar-refractivity contribution >= 4 is 23.5 Å². The molecule has 0 unspecified atom stereocenters. The van der Waals surface area contributed by atoms with E-state index in [4.69, 9.17) is 0 Å². The Morgan fingerprint density at radius 1 is 1.39 bits per heavy atom. The van der Waals surface area contributed by atoms with Crippen LogP contribution >= 0.6 is 11.3 Å². The van der Waals surface area contributed by atoms with E-state index in [-0.39, 0.29) is 12.5 Å². The van der Waals surface area contributed by atoms with Crippen molar-refractivity contribution in [1.82, 2.24) is 5.43 Å². The Hall–Kier alpha value is -2.01. The van der Waals surface area contributed by atoms with E-state index in [9.17, 15) is 4.79 Å². The molecule has 2 heterocycles. The molecule has 0 saturated heterocycles. The van der Waals surface area contributed by atoms with Gasteiger partial charge in [0.2, 0.25) is 6.54 Å². The van der Waals surface area contributed by atoms with Crippen LogP contribution < -0.4 is 9.99 Å². The molecule has 0 aliphatic rings. The van der Waals surface area contributed by atoms with Gasteiger partial charge in [-0.15, -0.1) is 11.3 Å². The predicted molar refractivity (Wildman–Crippen MR) is 71.4 cm³/mol. The molecule has 0 fully saturated rings. The van der Waals surface area contributed by atoms with Crippen molar-refractivity contribution in [2.45, 2.75) is 13.5 Å². The maximum absolute atomic E-state index is 11.6. The normalized spacial score (nSPS) is 10.7. The van der Waals surface area contributed by atoms with Crippen molar-refractivity contribution in [2.75, 3.05) is 0 Å². The number of aromatic nitrogens is 1. The number of nitrogens with zero attached hydrogens (tertiary/aromatic N) is 2. The van der Waals surface area contributed by atoms with E-state index in [2.05, 4.69) is 10.5 Å². The van der Waals surface area contributed by atoms with E-state index < -0.39 is 0 Å². The zero-order chi connectivity index (χ0) is 12.8. The molecule has 5 heteroatoms. The second kappa shape index (κ2) is 6.07. The number of pyridine rings is 1. The topological polar surface area (TPSA) is 45.3 Å². The summed E-state index contributed by atoms with van der Waals surface area (Å²) in [5, 5.41) is 3.92. The third kappa shape index (κ3) is 3.78. The maximum atomic E-state index is 11.6. The van der Waals surface area contributed by atoms with Gasteiger partial charge in [0.15, 0.2) is 12.4 Å². The van der Waals surface area contributed by atoms with E-state index >= 15 is 0 Å². The average Bonchev–Trinajstić information content (AvgIpc) is 2.76. The fraction of sp³-hybridized carbons (Fsp3) is 0.154. The van der Waals surface area contributed by atoms with Crippen LogP contribution in [0.1, 0.15) is 9.75 Å². The number of carbonyl (C=O) groups excluding carboxylic acids is 1. The standard InChI is InChI=1S/C13H13N3OS/c1-11-5-6-12(18-11)9-14-15-13(17)10-16-7-3-2-4-8-16/h2-9H,10H2,1H3/p+1/b14-9+. The number of rotatable bonds is 4. The van der Waals surface area contributed by atoms with Crippen LogP contribution in [0.5, 0.6) is 0 Å². The summed E-state index contributed by atoms with van der Waals surface area (Å²) in [6.07, 6.45) is 5.34. The first-order valence-corrected chi connectivity index (χ1v) is 6.38. The smallest absolute Gasteiger partial charge is 0.266 e. The molecular weight excluding hydrogens is 246 g/mol. The first kappa shape index (κ1) is 12.4. The lowest BCUT2D eigenvalue weighted by Crippen LogP contribution is -2.40. The van der Waals surface area contributed by atoms with Crippen LogP contribution in [0.15, 0.2) is 47.8 Å². The SMILES string of the molecule is Cc1ccc(/C=N/NC(=O)C[n+]2ccccc2)s1. The highest BCUT2D eigenvalue weighted by Crippen LogP contribution is 2.12. The Kier molecular flexibility index (Phi) is 4.20. The number of carbonyl (C=O) groups is 1. The van der Waals surface area contributed by atoms with E-state index in [1.54, 1.807) is 22.1 Å². The van der Waals surface area contributed by atoms with Crippen molar-refractivity contribution in [3.63, 3.8) is 0 Å². The van der Waals surface area contributed by atoms with E-state index in [0.29, 0.717) is 0 Å². The number of thiophene rings is 1. The summed E-state index contributed by atoms with van der Waals surface area (Å²) in [4.78, 5) is 13.8. The van der Waals surface area contributed by atoms with Gasteiger partial charge in [0.05, 0.1) is 6.21 Å². The molecule has 0 saturated carbocycles. The molecule has 1 amide bonds. The Morgan fingerprint density at radius 2 is 2.17 bits per heavy atom. The number of nitrogens with one attached hydrogen (secondary N) is 1. The molecule has 0 aliphatic heterocycles. The molecule has 2 rings (SSSR count). The molecule has 2 aromatic rings. The molecule has 18 heavy (non-hydrogen) atoms. The fourth-order valence-electron chi connectivity index (χ4n) is 1.43. The zero-order valence-electron chi connectivity index (χ0n) is 10.0. The third-order valence-corrected chi connectivity index (χ3v) is 3.18. The summed E-state index contributed by atoms with van der Waals surface area (Å²) in [6.45, 7) is 2.30. The largest absolute Gasteiger partial charge is 0.305 e. The Bertz CT molecular complexity index is 548. The Balaban J connectivity index is 1.83. The third-order valence-electron chi connectivity index (χ3n) is 2.25. The van der Waals surface area contributed by atoms with Crippen LogP contribution in [0.2, 0.25) is 0 Å². The lowest BCUT2D eigenvalue weighted by Gasteiger charge is -1.95. The number of amides is 1. The molecule has 0 bridgehead atoms. The first-order valence-electron chi connectivity index (χ1n) is 5.56. The Labute approximate surface area is 110 Å². The summed E-state index contributed by atoms with van der Waals surface area (Å²) < 4.78 is 1.79. The predicted octanol–water partition coefficient (Wildman–Crippen LogP) is 1.49. The summed E-state index contributed by atoms with van der Waals surface area (Å²) in [7, 11) is 0. The summed E-state index contributed by atoms with van der Waals surface area (Å²) >= 11 is 1.64. The van der Waals surface area contributed by atoms with Gasteiger partial charge in [-0.25, -0.2) is 5.43 Å². The highest BCUT2D eigenvalue weighted by molar-refractivity contribution is 7.13. The van der Waals surface area contributed by atoms with Crippen molar-refractivity contribution in [1.29, 1.82) is 0 Å². The zero-order valence-corrected chi connectivity index (χ0v) is 10.9. The van der Waals surface area contributed by atoms with Crippen LogP contribution in [0.25, 0.3) is 0 Å². The van der Waals surface area contributed by atoms with Gasteiger partial charge in [-0.3, -0.25) is 4.79 Å². The van der Waals surface area contributed by atoms with Gasteiger partial charge in [-0.1, -0.05) is 6.07 Å². The van der Waals surface area contributed by atoms with E-state index in [0.717, 1.165) is 4.88 Å². The van der Waals surface area contributed by atoms with Gasteiger partial charge in [-0.05, 0) is 19.1 Å². The molecule has 0 aromatic carbocycles. The minimum Gasteiger partial charge on any atom is -0.266 e. The van der Waals surface area contributed by atoms with Crippen molar-refractivity contribution in [3.05, 3.63) is 52.5 Å². The number of hydrogen-bond donors (Lipinski definition) is 1. The molecule has 1 N–H and O–H groups in total. The highest BCUT2D eigenvalue weighted by Gasteiger charge is 2.06. The Morgan fingerprint density at radius 3 is 2.83 bits per heavy atom. The van der Waals surface area contributed by atoms with Gasteiger partial charge >= 0.3 is 5.91 Å². The fourth-order valence-corrected chi connectivity index (χ4v) is 2.18. The van der Waals surface area contributed by atoms with Crippen molar-refractivity contribution in [3.8, 4) is 0 Å². The minimum absolute atomic E-state index is 0.143. The summed E-state index contributed by atoms with van der Waals surface area (Å²) in [6, 6.07) is 9.66. The van der Waals surface area contributed by atoms with Crippen molar-refractivity contribution in [2.24, 2.45) is 5.10 Å². The summed E-state index contributed by atoms with van der Waals surface area (Å²) in [5.74, 6) is -0.143. The number of aryl methyl sites for hydroxylation is 1. The summed E-state index contributed by atoms with van der Waals surface area (Å²) in [5.41, 5.74) is 2.51. The van der Waals surface area contributed by atoms with Gasteiger partial charge in [0, 0.05) is 21.9 Å². The minimum atomic E-state index is -0.143. The van der Waals surface area contributed by atoms with Gasteiger partial charge < -0.3 is 0 Å². The van der Waals surface area contributed by atoms with Crippen LogP contribution in [0, 0.1) is 6.92 Å². The van der Waals surface area contributed by atoms with Gasteiger partial charge in [0.25, 0.3) is 0 Å². The second-order valence-electron chi connectivity index (χ2n) is 3.79. The van der Waals surface area contributed by atoms with Crippen LogP contribution in [-0.2, 0) is 11.3 Å². The van der Waals surface area contributed by atoms with Gasteiger partial charge in [0.1, 0.15) is 0 Å². The number of hydrazone groups is 1. The quantitative estimate of drug-likeness (QED) is 0.505. The van der Waals surface area contributed by atoms with Crippen LogP contribution in [0.3, 0.4) is 0 Å². The second-order valence-corrected chi connectivity index (χ2v) is 5.11. The lowest BCUT2D eigenvalue weighted by atomic mass is 10.4. The molecular formula is C13H14N3OS+. The molecule has 0 radical (unpaired) electrons. The molecule has 0 aliphatic carbocycles. The van der Waals surface area contributed by atoms with Gasteiger partial charge in [-0.2, -0.15) is 9.67 Å². The molecule has 4 nitrogen and oxygen atoms in total. The lowest BCUT2D eigenvalue weighted by molar-refractivity contribution is -0.684. The maximum Gasteiger partial charge on any atom is 0.305 e. The van der Waals surface area contributed by atoms with E-state index in [1.165, 1.54) is 4.88 Å².